The number of hydrogen-bond acceptors (Lipinski definition) is 3. The first-order valence-electron chi connectivity index (χ1n) is 5.33. The van der Waals surface area contributed by atoms with Gasteiger partial charge in [0.05, 0.1) is 7.11 Å². The molecule has 90 valence electrons. The Kier molecular flexibility index (Phi) is 5.51. The summed E-state index contributed by atoms with van der Waals surface area (Å²) in [5.41, 5.74) is 0.850. The predicted molar refractivity (Wildman–Crippen MR) is 66.6 cm³/mol. The molecule has 1 aromatic rings. The second kappa shape index (κ2) is 7.22. The van der Waals surface area contributed by atoms with E-state index in [2.05, 4.69) is 10.3 Å². The molecule has 1 N–H and O–H groups in total. The van der Waals surface area contributed by atoms with Gasteiger partial charge in [-0.3, -0.25) is 4.79 Å². The molecule has 0 aliphatic heterocycles. The van der Waals surface area contributed by atoms with Crippen LogP contribution in [-0.2, 0) is 11.3 Å². The lowest BCUT2D eigenvalue weighted by atomic mass is 10.2. The van der Waals surface area contributed by atoms with Gasteiger partial charge >= 0.3 is 0 Å². The number of amides is 1. The Labute approximate surface area is 101 Å². The lowest BCUT2D eigenvalue weighted by Gasteiger charge is -2.06. The monoisotopic (exact) mass is 232 g/mol. The number of carbonyl (C=O) groups is 1. The number of rotatable bonds is 5. The fourth-order valence-corrected chi connectivity index (χ4v) is 1.24. The van der Waals surface area contributed by atoms with Gasteiger partial charge in [0.25, 0.3) is 0 Å². The molecular formula is C13H16N2O2. The molecule has 0 aliphatic rings. The number of pyridine rings is 1. The van der Waals surface area contributed by atoms with Crippen molar-refractivity contribution in [1.29, 1.82) is 0 Å². The Morgan fingerprint density at radius 1 is 1.53 bits per heavy atom. The van der Waals surface area contributed by atoms with E-state index in [1.165, 1.54) is 6.08 Å². The van der Waals surface area contributed by atoms with E-state index in [0.717, 1.165) is 5.56 Å². The first-order valence-corrected chi connectivity index (χ1v) is 5.33. The van der Waals surface area contributed by atoms with Crippen molar-refractivity contribution >= 4 is 5.91 Å². The maximum Gasteiger partial charge on any atom is 0.244 e. The van der Waals surface area contributed by atoms with Crippen LogP contribution in [0.4, 0.5) is 0 Å². The van der Waals surface area contributed by atoms with Gasteiger partial charge in [0.1, 0.15) is 0 Å². The molecule has 0 unspecified atom stereocenters. The van der Waals surface area contributed by atoms with E-state index < -0.39 is 0 Å². The molecule has 1 aromatic heterocycles. The second-order valence-corrected chi connectivity index (χ2v) is 3.27. The van der Waals surface area contributed by atoms with E-state index in [0.29, 0.717) is 12.4 Å². The van der Waals surface area contributed by atoms with Gasteiger partial charge < -0.3 is 10.1 Å². The predicted octanol–water partition coefficient (Wildman–Crippen LogP) is 1.84. The lowest BCUT2D eigenvalue weighted by molar-refractivity contribution is -0.116. The van der Waals surface area contributed by atoms with Gasteiger partial charge in [-0.2, -0.15) is 0 Å². The Bertz CT molecular complexity index is 425. The molecular weight excluding hydrogens is 216 g/mol. The fourth-order valence-electron chi connectivity index (χ4n) is 1.24. The van der Waals surface area contributed by atoms with E-state index in [4.69, 9.17) is 4.74 Å². The summed E-state index contributed by atoms with van der Waals surface area (Å²) >= 11 is 0. The van der Waals surface area contributed by atoms with Crippen LogP contribution in [0.2, 0.25) is 0 Å². The minimum absolute atomic E-state index is 0.144. The van der Waals surface area contributed by atoms with E-state index in [1.807, 2.05) is 19.1 Å². The summed E-state index contributed by atoms with van der Waals surface area (Å²) in [6.45, 7) is 2.29. The highest BCUT2D eigenvalue weighted by Crippen LogP contribution is 2.12. The number of nitrogens with zero attached hydrogens (tertiary/aromatic N) is 1. The largest absolute Gasteiger partial charge is 0.481 e. The second-order valence-electron chi connectivity index (χ2n) is 3.27. The van der Waals surface area contributed by atoms with E-state index in [1.54, 1.807) is 31.5 Å². The van der Waals surface area contributed by atoms with Crippen LogP contribution < -0.4 is 10.1 Å². The first-order chi connectivity index (χ1) is 8.27. The van der Waals surface area contributed by atoms with Crippen LogP contribution in [0.1, 0.15) is 12.5 Å². The third-order valence-corrected chi connectivity index (χ3v) is 2.05. The van der Waals surface area contributed by atoms with Crippen LogP contribution in [0.15, 0.2) is 42.6 Å². The lowest BCUT2D eigenvalue weighted by Crippen LogP contribution is -2.20. The first kappa shape index (κ1) is 13.0. The zero-order valence-electron chi connectivity index (χ0n) is 10.0. The van der Waals surface area contributed by atoms with Gasteiger partial charge in [-0.05, 0) is 13.0 Å². The van der Waals surface area contributed by atoms with Gasteiger partial charge in [-0.1, -0.05) is 24.3 Å². The van der Waals surface area contributed by atoms with Crippen LogP contribution in [0.25, 0.3) is 0 Å². The maximum absolute atomic E-state index is 11.4. The number of carbonyl (C=O) groups excluding carboxylic acids is 1. The average Bonchev–Trinajstić information content (AvgIpc) is 2.37. The highest BCUT2D eigenvalue weighted by atomic mass is 16.5. The van der Waals surface area contributed by atoms with Crippen LogP contribution in [-0.4, -0.2) is 18.0 Å². The van der Waals surface area contributed by atoms with Crippen molar-refractivity contribution in [3.05, 3.63) is 48.2 Å². The summed E-state index contributed by atoms with van der Waals surface area (Å²) in [6, 6.07) is 3.67. The third-order valence-electron chi connectivity index (χ3n) is 2.05. The molecule has 0 fully saturated rings. The highest BCUT2D eigenvalue weighted by Gasteiger charge is 2.03. The van der Waals surface area contributed by atoms with Crippen LogP contribution >= 0.6 is 0 Å². The molecule has 4 heteroatoms. The van der Waals surface area contributed by atoms with E-state index in [9.17, 15) is 4.79 Å². The molecule has 0 saturated carbocycles. The molecule has 0 bridgehead atoms. The molecule has 0 aliphatic carbocycles. The Morgan fingerprint density at radius 3 is 3.06 bits per heavy atom. The van der Waals surface area contributed by atoms with Gasteiger partial charge in [0, 0.05) is 24.4 Å². The minimum atomic E-state index is -0.144. The zero-order valence-corrected chi connectivity index (χ0v) is 10.0. The Hall–Kier alpha value is -2.10. The normalized spacial score (nSPS) is 10.9. The van der Waals surface area contributed by atoms with Gasteiger partial charge in [0.15, 0.2) is 0 Å². The summed E-state index contributed by atoms with van der Waals surface area (Å²) in [4.78, 5) is 15.4. The fraction of sp³-hybridized carbons (Fsp3) is 0.231. The molecule has 0 radical (unpaired) electrons. The smallest absolute Gasteiger partial charge is 0.244 e. The van der Waals surface area contributed by atoms with Crippen molar-refractivity contribution in [3.8, 4) is 5.88 Å². The Morgan fingerprint density at radius 2 is 2.35 bits per heavy atom. The molecule has 1 amide bonds. The van der Waals surface area contributed by atoms with Crippen LogP contribution in [0.3, 0.4) is 0 Å². The summed E-state index contributed by atoms with van der Waals surface area (Å²) in [5.74, 6) is 0.388. The molecule has 0 spiro atoms. The Balaban J connectivity index is 2.52. The van der Waals surface area contributed by atoms with Crippen molar-refractivity contribution in [3.63, 3.8) is 0 Å². The molecule has 1 rings (SSSR count). The minimum Gasteiger partial charge on any atom is -0.481 e. The SMILES string of the molecule is CC=CC=CC(=O)NCc1cccnc1OC. The maximum atomic E-state index is 11.4. The van der Waals surface area contributed by atoms with Crippen LogP contribution in [0.5, 0.6) is 5.88 Å². The number of ether oxygens (including phenoxy) is 1. The highest BCUT2D eigenvalue weighted by molar-refractivity contribution is 5.87. The molecule has 4 nitrogen and oxygen atoms in total. The number of nitrogens with one attached hydrogen (secondary N) is 1. The molecule has 0 atom stereocenters. The van der Waals surface area contributed by atoms with E-state index >= 15 is 0 Å². The van der Waals surface area contributed by atoms with Crippen molar-refractivity contribution in [2.75, 3.05) is 7.11 Å². The topological polar surface area (TPSA) is 51.2 Å². The summed E-state index contributed by atoms with van der Waals surface area (Å²) in [7, 11) is 1.56. The molecule has 1 heterocycles. The van der Waals surface area contributed by atoms with Crippen LogP contribution in [0, 0.1) is 0 Å². The zero-order chi connectivity index (χ0) is 12.5. The quantitative estimate of drug-likeness (QED) is 0.622. The number of allylic oxidation sites excluding steroid dienone is 3. The van der Waals surface area contributed by atoms with Gasteiger partial charge in [-0.15, -0.1) is 0 Å². The van der Waals surface area contributed by atoms with Gasteiger partial charge in [-0.25, -0.2) is 4.98 Å². The van der Waals surface area contributed by atoms with Gasteiger partial charge in [0.2, 0.25) is 11.8 Å². The van der Waals surface area contributed by atoms with Crippen molar-refractivity contribution in [1.82, 2.24) is 10.3 Å². The van der Waals surface area contributed by atoms with E-state index in [-0.39, 0.29) is 5.91 Å². The summed E-state index contributed by atoms with van der Waals surface area (Å²) in [6.07, 6.45) is 8.47. The summed E-state index contributed by atoms with van der Waals surface area (Å²) in [5, 5.41) is 2.75. The number of methoxy groups -OCH3 is 1. The number of hydrogen-bond donors (Lipinski definition) is 1. The number of aromatic nitrogens is 1. The van der Waals surface area contributed by atoms with Crippen molar-refractivity contribution in [2.45, 2.75) is 13.5 Å². The van der Waals surface area contributed by atoms with Crippen molar-refractivity contribution < 1.29 is 9.53 Å². The molecule has 0 saturated heterocycles. The summed E-state index contributed by atoms with van der Waals surface area (Å²) < 4.78 is 5.08. The third kappa shape index (κ3) is 4.51. The average molecular weight is 232 g/mol. The molecule has 0 aromatic carbocycles. The van der Waals surface area contributed by atoms with Crippen molar-refractivity contribution in [2.24, 2.45) is 0 Å². The standard InChI is InChI=1S/C13H16N2O2/c1-3-4-5-8-12(16)15-10-11-7-6-9-14-13(11)17-2/h3-9H,10H2,1-2H3,(H,15,16). The molecule has 17 heavy (non-hydrogen) atoms.